The first-order valence-electron chi connectivity index (χ1n) is 4.77. The van der Waals surface area contributed by atoms with Crippen LogP contribution in [0.1, 0.15) is 0 Å². The van der Waals surface area contributed by atoms with Gasteiger partial charge in [-0.15, -0.1) is 10.2 Å². The van der Waals surface area contributed by atoms with Crippen LogP contribution in [-0.2, 0) is 0 Å². The van der Waals surface area contributed by atoms with E-state index in [4.69, 9.17) is 11.6 Å². The molecule has 1 aromatic carbocycles. The molecule has 16 heavy (non-hydrogen) atoms. The second-order valence-corrected chi connectivity index (χ2v) is 3.72. The zero-order valence-electron chi connectivity index (χ0n) is 8.21. The molecule has 0 spiro atoms. The monoisotopic (exact) mass is 230 g/mol. The molecule has 0 saturated carbocycles. The van der Waals surface area contributed by atoms with Crippen molar-refractivity contribution in [3.63, 3.8) is 0 Å². The fraction of sp³-hybridized carbons (Fsp3) is 0. The average Bonchev–Trinajstić information content (AvgIpc) is 2.74. The SMILES string of the molecule is Clc1ccc(-n2ncc3ccccc32)nn1. The molecule has 0 unspecified atom stereocenters. The van der Waals surface area contributed by atoms with Crippen molar-refractivity contribution in [1.82, 2.24) is 20.0 Å². The average molecular weight is 231 g/mol. The molecule has 2 heterocycles. The highest BCUT2D eigenvalue weighted by Crippen LogP contribution is 2.16. The fourth-order valence-corrected chi connectivity index (χ4v) is 1.68. The quantitative estimate of drug-likeness (QED) is 0.645. The van der Waals surface area contributed by atoms with Crippen LogP contribution in [0.4, 0.5) is 0 Å². The number of fused-ring (bicyclic) bond motifs is 1. The van der Waals surface area contributed by atoms with Crippen LogP contribution in [0.15, 0.2) is 42.6 Å². The molecule has 5 heteroatoms. The van der Waals surface area contributed by atoms with Crippen molar-refractivity contribution in [2.45, 2.75) is 0 Å². The lowest BCUT2D eigenvalue weighted by Gasteiger charge is -2.00. The van der Waals surface area contributed by atoms with E-state index in [1.54, 1.807) is 23.0 Å². The van der Waals surface area contributed by atoms with Gasteiger partial charge in [-0.3, -0.25) is 0 Å². The van der Waals surface area contributed by atoms with E-state index in [0.717, 1.165) is 10.9 Å². The lowest BCUT2D eigenvalue weighted by Crippen LogP contribution is -2.00. The summed E-state index contributed by atoms with van der Waals surface area (Å²) < 4.78 is 1.73. The summed E-state index contributed by atoms with van der Waals surface area (Å²) in [6, 6.07) is 11.4. The number of halogens is 1. The van der Waals surface area contributed by atoms with Crippen molar-refractivity contribution in [1.29, 1.82) is 0 Å². The van der Waals surface area contributed by atoms with Crippen LogP contribution >= 0.6 is 11.6 Å². The lowest BCUT2D eigenvalue weighted by molar-refractivity contribution is 0.837. The molecule has 0 radical (unpaired) electrons. The molecule has 3 rings (SSSR count). The van der Waals surface area contributed by atoms with Crippen molar-refractivity contribution >= 4 is 22.5 Å². The molecule has 0 N–H and O–H groups in total. The number of hydrogen-bond acceptors (Lipinski definition) is 3. The first-order chi connectivity index (χ1) is 7.84. The third-order valence-corrected chi connectivity index (χ3v) is 2.51. The highest BCUT2D eigenvalue weighted by molar-refractivity contribution is 6.29. The Kier molecular flexibility index (Phi) is 2.08. The molecule has 2 aromatic heterocycles. The molecule has 0 aliphatic rings. The number of hydrogen-bond donors (Lipinski definition) is 0. The molecule has 3 aromatic rings. The second-order valence-electron chi connectivity index (χ2n) is 3.33. The maximum atomic E-state index is 5.69. The number of benzene rings is 1. The summed E-state index contributed by atoms with van der Waals surface area (Å²) in [5.41, 5.74) is 0.999. The van der Waals surface area contributed by atoms with E-state index in [1.165, 1.54) is 0 Å². The topological polar surface area (TPSA) is 43.6 Å². The van der Waals surface area contributed by atoms with Crippen LogP contribution in [0.25, 0.3) is 16.7 Å². The largest absolute Gasteiger partial charge is 0.213 e. The van der Waals surface area contributed by atoms with Gasteiger partial charge in [0.15, 0.2) is 11.0 Å². The van der Waals surface area contributed by atoms with E-state index >= 15 is 0 Å². The summed E-state index contributed by atoms with van der Waals surface area (Å²) >= 11 is 5.69. The Hall–Kier alpha value is -1.94. The molecule has 4 nitrogen and oxygen atoms in total. The van der Waals surface area contributed by atoms with Crippen molar-refractivity contribution < 1.29 is 0 Å². The Labute approximate surface area is 96.5 Å². The van der Waals surface area contributed by atoms with Crippen LogP contribution in [0.2, 0.25) is 5.15 Å². The maximum absolute atomic E-state index is 5.69. The Bertz CT molecular complexity index is 630. The third kappa shape index (κ3) is 1.44. The van der Waals surface area contributed by atoms with Gasteiger partial charge in [0.25, 0.3) is 0 Å². The fourth-order valence-electron chi connectivity index (χ4n) is 1.58. The smallest absolute Gasteiger partial charge is 0.176 e. The molecular weight excluding hydrogens is 224 g/mol. The molecule has 78 valence electrons. The minimum absolute atomic E-state index is 0.375. The van der Waals surface area contributed by atoms with Gasteiger partial charge in [-0.25, -0.2) is 4.68 Å². The molecule has 0 saturated heterocycles. The van der Waals surface area contributed by atoms with Gasteiger partial charge >= 0.3 is 0 Å². The van der Waals surface area contributed by atoms with Gasteiger partial charge in [-0.05, 0) is 18.2 Å². The molecule has 0 aliphatic heterocycles. The summed E-state index contributed by atoms with van der Waals surface area (Å²) in [6.07, 6.45) is 1.80. The number of nitrogens with zero attached hydrogens (tertiary/aromatic N) is 4. The molecule has 0 amide bonds. The van der Waals surface area contributed by atoms with Gasteiger partial charge in [0.2, 0.25) is 0 Å². The first-order valence-corrected chi connectivity index (χ1v) is 5.15. The van der Waals surface area contributed by atoms with Gasteiger partial charge in [-0.1, -0.05) is 29.8 Å². The molecular formula is C11H7ClN4. The summed E-state index contributed by atoms with van der Waals surface area (Å²) in [5.74, 6) is 0.658. The van der Waals surface area contributed by atoms with Crippen molar-refractivity contribution in [2.75, 3.05) is 0 Å². The minimum atomic E-state index is 0.375. The number of rotatable bonds is 1. The van der Waals surface area contributed by atoms with Crippen molar-refractivity contribution in [3.05, 3.63) is 47.7 Å². The summed E-state index contributed by atoms with van der Waals surface area (Å²) in [6.45, 7) is 0. The van der Waals surface area contributed by atoms with Gasteiger partial charge < -0.3 is 0 Å². The third-order valence-electron chi connectivity index (χ3n) is 2.31. The minimum Gasteiger partial charge on any atom is -0.213 e. The van der Waals surface area contributed by atoms with Crippen LogP contribution in [0.5, 0.6) is 0 Å². The Morgan fingerprint density at radius 1 is 1.00 bits per heavy atom. The maximum Gasteiger partial charge on any atom is 0.176 e. The van der Waals surface area contributed by atoms with Gasteiger partial charge in [0.05, 0.1) is 11.7 Å². The first kappa shape index (κ1) is 9.30. The van der Waals surface area contributed by atoms with Gasteiger partial charge in [-0.2, -0.15) is 5.10 Å². The Morgan fingerprint density at radius 3 is 2.69 bits per heavy atom. The van der Waals surface area contributed by atoms with E-state index in [2.05, 4.69) is 15.3 Å². The summed E-state index contributed by atoms with van der Waals surface area (Å²) in [7, 11) is 0. The zero-order valence-corrected chi connectivity index (χ0v) is 8.96. The van der Waals surface area contributed by atoms with Crippen molar-refractivity contribution in [3.8, 4) is 5.82 Å². The lowest BCUT2D eigenvalue weighted by atomic mass is 10.2. The Balaban J connectivity index is 2.22. The van der Waals surface area contributed by atoms with Crippen molar-refractivity contribution in [2.24, 2.45) is 0 Å². The van der Waals surface area contributed by atoms with E-state index < -0.39 is 0 Å². The van der Waals surface area contributed by atoms with Gasteiger partial charge in [0.1, 0.15) is 0 Å². The normalized spacial score (nSPS) is 10.8. The zero-order chi connectivity index (χ0) is 11.0. The summed E-state index contributed by atoms with van der Waals surface area (Å²) in [4.78, 5) is 0. The van der Waals surface area contributed by atoms with Gasteiger partial charge in [0, 0.05) is 5.39 Å². The highest BCUT2D eigenvalue weighted by Gasteiger charge is 2.05. The van der Waals surface area contributed by atoms with E-state index in [9.17, 15) is 0 Å². The predicted octanol–water partition coefficient (Wildman–Crippen LogP) is 2.47. The molecule has 0 atom stereocenters. The van der Waals surface area contributed by atoms with Crippen LogP contribution in [0.3, 0.4) is 0 Å². The number of aromatic nitrogens is 4. The van der Waals surface area contributed by atoms with Crippen LogP contribution in [0, 0.1) is 0 Å². The van der Waals surface area contributed by atoms with E-state index in [-0.39, 0.29) is 0 Å². The van der Waals surface area contributed by atoms with Crippen LogP contribution in [-0.4, -0.2) is 20.0 Å². The molecule has 0 bridgehead atoms. The Morgan fingerprint density at radius 2 is 1.88 bits per heavy atom. The van der Waals surface area contributed by atoms with E-state index in [1.807, 2.05) is 24.3 Å². The predicted molar refractivity (Wildman–Crippen MR) is 61.7 cm³/mol. The van der Waals surface area contributed by atoms with E-state index in [0.29, 0.717) is 11.0 Å². The summed E-state index contributed by atoms with van der Waals surface area (Å²) in [5, 5.41) is 13.5. The molecule has 0 fully saturated rings. The highest BCUT2D eigenvalue weighted by atomic mass is 35.5. The van der Waals surface area contributed by atoms with Crippen LogP contribution < -0.4 is 0 Å². The second kappa shape index (κ2) is 3.57. The molecule has 0 aliphatic carbocycles. The standard InChI is InChI=1S/C11H7ClN4/c12-10-5-6-11(15-14-10)16-9-4-2-1-3-8(9)7-13-16/h1-7H. The number of para-hydroxylation sites is 1.